The van der Waals surface area contributed by atoms with Crippen LogP contribution in [0.3, 0.4) is 0 Å². The maximum absolute atomic E-state index is 7.50. The molecule has 0 heterocycles. The molecule has 0 amide bonds. The SMILES string of the molecule is CC1C(C)C(C)C(C)C1C.[C-]#[N+]CC.[C-]#[O+].[C-]#[O+].[Cl][Ge]([Cl])[Cl].[W]. The van der Waals surface area contributed by atoms with Gasteiger partial charge in [0.2, 0.25) is 6.54 Å². The van der Waals surface area contributed by atoms with Crippen LogP contribution >= 0.6 is 30.0 Å². The zero-order valence-corrected chi connectivity index (χ0v) is 21.7. The molecule has 0 aromatic rings. The first kappa shape index (κ1) is 35.2. The van der Waals surface area contributed by atoms with Gasteiger partial charge in [0.15, 0.2) is 0 Å². The summed E-state index contributed by atoms with van der Waals surface area (Å²) < 4.78 is 15.0. The predicted molar refractivity (Wildman–Crippen MR) is 94.1 cm³/mol. The van der Waals surface area contributed by atoms with Crippen LogP contribution in [0.2, 0.25) is 0 Å². The minimum Gasteiger partial charge on any atom is 0 e. The smallest absolute Gasteiger partial charge is 0 e. The molecule has 0 bridgehead atoms. The molecule has 1 aliphatic carbocycles. The summed E-state index contributed by atoms with van der Waals surface area (Å²) in [5.74, 6) is 4.68. The van der Waals surface area contributed by atoms with E-state index in [1.54, 1.807) is 0 Å². The van der Waals surface area contributed by atoms with Crippen LogP contribution in [0.15, 0.2) is 0 Å². The summed E-state index contributed by atoms with van der Waals surface area (Å²) in [6.45, 7) is 29.5. The Morgan fingerprint density at radius 3 is 0.913 bits per heavy atom. The largest absolute Gasteiger partial charge is 0 e. The molecule has 0 unspecified atom stereocenters. The summed E-state index contributed by atoms with van der Waals surface area (Å²) in [4.78, 5) is 2.99. The third-order valence-electron chi connectivity index (χ3n) is 4.30. The molecule has 1 rings (SSSR count). The van der Waals surface area contributed by atoms with Crippen molar-refractivity contribution in [3.63, 3.8) is 0 Å². The minimum atomic E-state index is -1.92. The zero-order chi connectivity index (χ0) is 18.9. The third-order valence-corrected chi connectivity index (χ3v) is 4.30. The average molecular weight is 614 g/mol. The van der Waals surface area contributed by atoms with Gasteiger partial charge < -0.3 is 4.85 Å². The summed E-state index contributed by atoms with van der Waals surface area (Å²) in [6.07, 6.45) is 0. The molecule has 0 spiro atoms. The van der Waals surface area contributed by atoms with Crippen LogP contribution < -0.4 is 0 Å². The molecule has 0 aliphatic heterocycles. The maximum Gasteiger partial charge on any atom is 0 e. The van der Waals surface area contributed by atoms with Gasteiger partial charge in [-0.3, -0.25) is 0 Å². The van der Waals surface area contributed by atoms with E-state index in [-0.39, 0.29) is 21.1 Å². The second kappa shape index (κ2) is 25.3. The summed E-state index contributed by atoms with van der Waals surface area (Å²) in [5.41, 5.74) is 0. The monoisotopic (exact) mass is 614 g/mol. The van der Waals surface area contributed by atoms with Crippen molar-refractivity contribution < 1.29 is 30.4 Å². The van der Waals surface area contributed by atoms with Gasteiger partial charge in [0.25, 0.3) is 0 Å². The molecule has 8 heteroatoms. The normalized spacial score (nSPS) is 26.7. The van der Waals surface area contributed by atoms with Crippen LogP contribution in [0.4, 0.5) is 0 Å². The molecule has 3 nitrogen and oxygen atoms in total. The van der Waals surface area contributed by atoms with Crippen molar-refractivity contribution in [2.75, 3.05) is 6.54 Å². The van der Waals surface area contributed by atoms with Crippen molar-refractivity contribution in [1.29, 1.82) is 0 Å². The fourth-order valence-electron chi connectivity index (χ4n) is 2.39. The molecule has 133 valence electrons. The Bertz CT molecular complexity index is 271. The van der Waals surface area contributed by atoms with Gasteiger partial charge in [-0.1, -0.05) is 34.6 Å². The maximum atomic E-state index is 7.50. The van der Waals surface area contributed by atoms with Crippen LogP contribution in [-0.4, -0.2) is 18.1 Å². The number of hydrogen-bond donors (Lipinski definition) is 0. The molecule has 0 aromatic carbocycles. The van der Waals surface area contributed by atoms with E-state index in [9.17, 15) is 0 Å². The van der Waals surface area contributed by atoms with Gasteiger partial charge in [0.1, 0.15) is 0 Å². The Kier molecular flexibility index (Phi) is 38.8. The van der Waals surface area contributed by atoms with Gasteiger partial charge in [-0.25, -0.2) is 6.57 Å². The molecule has 0 atom stereocenters. The molecular formula is C15H25Cl3GeNO2W. The Hall–Kier alpha value is 1.07. The third kappa shape index (κ3) is 21.0. The van der Waals surface area contributed by atoms with Crippen molar-refractivity contribution >= 4 is 41.6 Å². The minimum absolute atomic E-state index is 0. The molecule has 0 saturated heterocycles. The Balaban J connectivity index is -0.0000000708. The van der Waals surface area contributed by atoms with Crippen molar-refractivity contribution in [3.8, 4) is 0 Å². The Morgan fingerprint density at radius 1 is 0.783 bits per heavy atom. The van der Waals surface area contributed by atoms with E-state index in [2.05, 4.69) is 52.8 Å². The van der Waals surface area contributed by atoms with Crippen LogP contribution in [0.5, 0.6) is 0 Å². The number of nitrogens with zero attached hydrogens (tertiary/aromatic N) is 1. The topological polar surface area (TPSA) is 44.2 Å². The Labute approximate surface area is 173 Å². The van der Waals surface area contributed by atoms with Gasteiger partial charge in [0.05, 0.1) is 0 Å². The molecule has 0 aromatic heterocycles. The first-order valence-electron chi connectivity index (χ1n) is 6.78. The first-order valence-corrected chi connectivity index (χ1v) is 15.0. The van der Waals surface area contributed by atoms with Crippen molar-refractivity contribution in [1.82, 2.24) is 0 Å². The van der Waals surface area contributed by atoms with E-state index in [1.807, 2.05) is 6.92 Å². The molecule has 1 radical (unpaired) electrons. The second-order valence-electron chi connectivity index (χ2n) is 4.98. The average Bonchev–Trinajstić information content (AvgIpc) is 2.69. The van der Waals surface area contributed by atoms with Crippen molar-refractivity contribution in [2.24, 2.45) is 29.6 Å². The van der Waals surface area contributed by atoms with Crippen LogP contribution in [0, 0.1) is 49.5 Å². The predicted octanol–water partition coefficient (Wildman–Crippen LogP) is 5.72. The van der Waals surface area contributed by atoms with E-state index >= 15 is 0 Å². The van der Waals surface area contributed by atoms with Gasteiger partial charge in [0, 0.05) is 28.0 Å². The number of hydrogen-bond acceptors (Lipinski definition) is 0. The zero-order valence-electron chi connectivity index (χ0n) is 14.4. The van der Waals surface area contributed by atoms with Gasteiger partial charge >= 0.3 is 64.2 Å². The van der Waals surface area contributed by atoms with Gasteiger partial charge in [-0.15, -0.1) is 0 Å². The van der Waals surface area contributed by atoms with Crippen LogP contribution in [0.1, 0.15) is 41.5 Å². The molecule has 1 saturated carbocycles. The fraction of sp³-hybridized carbons (Fsp3) is 0.800. The number of rotatable bonds is 0. The quantitative estimate of drug-likeness (QED) is 0.191. The summed E-state index contributed by atoms with van der Waals surface area (Å²) in [6, 6.07) is 0. The number of halogens is 3. The summed E-state index contributed by atoms with van der Waals surface area (Å²) in [5, 5.41) is 0. The standard InChI is InChI=1S/C10H20.C3H5N.2CO.Cl3Ge.W/c1-6-7(2)9(4)10(5)8(6)3;1-3-4-2;2*1-2;1-4(2)3;/h6-10H,1-5H3;3H2,1H3;;;;. The molecule has 23 heavy (non-hydrogen) atoms. The van der Waals surface area contributed by atoms with Crippen LogP contribution in [-0.2, 0) is 30.4 Å². The van der Waals surface area contributed by atoms with E-state index in [0.717, 1.165) is 29.6 Å². The van der Waals surface area contributed by atoms with E-state index < -0.39 is 11.6 Å². The van der Waals surface area contributed by atoms with E-state index in [1.165, 1.54) is 0 Å². The van der Waals surface area contributed by atoms with E-state index in [4.69, 9.17) is 45.9 Å². The molecular weight excluding hydrogens is 589 g/mol. The van der Waals surface area contributed by atoms with E-state index in [0.29, 0.717) is 6.54 Å². The van der Waals surface area contributed by atoms with Gasteiger partial charge in [-0.05, 0) is 29.6 Å². The van der Waals surface area contributed by atoms with Crippen LogP contribution in [0.25, 0.3) is 4.85 Å². The van der Waals surface area contributed by atoms with Crippen molar-refractivity contribution in [3.05, 3.63) is 24.7 Å². The first-order chi connectivity index (χ1) is 10.2. The molecule has 0 N–H and O–H groups in total. The fourth-order valence-corrected chi connectivity index (χ4v) is 2.39. The Morgan fingerprint density at radius 2 is 0.870 bits per heavy atom. The summed E-state index contributed by atoms with van der Waals surface area (Å²) in [7, 11) is 14.9. The summed E-state index contributed by atoms with van der Waals surface area (Å²) >= 11 is -1.92. The second-order valence-corrected chi connectivity index (χ2v) is 14.8. The van der Waals surface area contributed by atoms with Gasteiger partial charge in [-0.2, -0.15) is 0 Å². The molecule has 1 fully saturated rings. The van der Waals surface area contributed by atoms with Crippen molar-refractivity contribution in [2.45, 2.75) is 41.5 Å². The molecule has 1 aliphatic rings.